The molecule has 1 aliphatic heterocycles. The number of aromatic nitrogens is 2. The van der Waals surface area contributed by atoms with E-state index >= 15 is 0 Å². The quantitative estimate of drug-likeness (QED) is 0.808. The van der Waals surface area contributed by atoms with Gasteiger partial charge in [-0.3, -0.25) is 4.79 Å². The normalized spacial score (nSPS) is 20.7. The minimum Gasteiger partial charge on any atom is -0.353 e. The summed E-state index contributed by atoms with van der Waals surface area (Å²) in [6.45, 7) is 4.56. The Hall–Kier alpha value is -2.12. The lowest BCUT2D eigenvalue weighted by atomic mass is 10.2. The number of nitrogens with zero attached hydrogens (tertiary/aromatic N) is 3. The summed E-state index contributed by atoms with van der Waals surface area (Å²) in [6, 6.07) is 0.165. The molecule has 1 saturated carbocycles. The fraction of sp³-hybridized carbons (Fsp3) is 0.778. The number of hydrogen-bond donors (Lipinski definition) is 2. The van der Waals surface area contributed by atoms with Crippen molar-refractivity contribution in [2.75, 3.05) is 6.54 Å². The number of carbonyl (C=O) groups is 2. The molecule has 1 aromatic rings. The Morgan fingerprint density at radius 1 is 1.23 bits per heavy atom. The van der Waals surface area contributed by atoms with Crippen LogP contribution in [0.4, 0.5) is 4.79 Å². The van der Waals surface area contributed by atoms with Crippen LogP contribution in [0.25, 0.3) is 0 Å². The van der Waals surface area contributed by atoms with Crippen molar-refractivity contribution in [3.63, 3.8) is 0 Å². The summed E-state index contributed by atoms with van der Waals surface area (Å²) in [4.78, 5) is 30.5. The highest BCUT2D eigenvalue weighted by molar-refractivity contribution is 5.76. The summed E-state index contributed by atoms with van der Waals surface area (Å²) >= 11 is 0. The Balaban J connectivity index is 1.51. The third-order valence-corrected chi connectivity index (χ3v) is 4.99. The smallest absolute Gasteiger partial charge is 0.318 e. The predicted octanol–water partition coefficient (Wildman–Crippen LogP) is 2.32. The number of carbonyl (C=O) groups excluding carboxylic acids is 2. The zero-order valence-corrected chi connectivity index (χ0v) is 15.7. The summed E-state index contributed by atoms with van der Waals surface area (Å²) in [6.07, 6.45) is 7.06. The van der Waals surface area contributed by atoms with Gasteiger partial charge < -0.3 is 20.1 Å². The molecule has 1 aliphatic carbocycles. The molecule has 2 aliphatic rings. The summed E-state index contributed by atoms with van der Waals surface area (Å²) < 4.78 is 5.31. The Morgan fingerprint density at radius 2 is 2.00 bits per heavy atom. The number of hydrogen-bond acceptors (Lipinski definition) is 5. The van der Waals surface area contributed by atoms with Crippen LogP contribution in [-0.4, -0.2) is 45.6 Å². The van der Waals surface area contributed by atoms with Gasteiger partial charge in [-0.25, -0.2) is 4.79 Å². The second-order valence-corrected chi connectivity index (χ2v) is 7.55. The van der Waals surface area contributed by atoms with Crippen molar-refractivity contribution < 1.29 is 14.1 Å². The van der Waals surface area contributed by atoms with Gasteiger partial charge in [0.1, 0.15) is 0 Å². The molecule has 26 heavy (non-hydrogen) atoms. The molecule has 144 valence electrons. The average molecular weight is 363 g/mol. The van der Waals surface area contributed by atoms with Crippen molar-refractivity contribution in [2.45, 2.75) is 83.3 Å². The number of nitrogens with one attached hydrogen (secondary N) is 2. The zero-order chi connectivity index (χ0) is 18.5. The van der Waals surface area contributed by atoms with Gasteiger partial charge in [0.15, 0.2) is 5.82 Å². The first-order valence-electron chi connectivity index (χ1n) is 9.72. The number of likely N-dealkylation sites (tertiary alicyclic amines) is 1. The van der Waals surface area contributed by atoms with Gasteiger partial charge in [-0.2, -0.15) is 4.98 Å². The van der Waals surface area contributed by atoms with E-state index in [1.165, 1.54) is 12.8 Å². The van der Waals surface area contributed by atoms with Crippen molar-refractivity contribution in [3.8, 4) is 0 Å². The molecule has 8 nitrogen and oxygen atoms in total. The van der Waals surface area contributed by atoms with Crippen LogP contribution in [-0.2, 0) is 11.2 Å². The van der Waals surface area contributed by atoms with Gasteiger partial charge in [-0.15, -0.1) is 0 Å². The summed E-state index contributed by atoms with van der Waals surface area (Å²) in [5.41, 5.74) is 0. The highest BCUT2D eigenvalue weighted by atomic mass is 16.5. The van der Waals surface area contributed by atoms with E-state index in [1.807, 2.05) is 13.8 Å². The van der Waals surface area contributed by atoms with Crippen molar-refractivity contribution in [1.82, 2.24) is 25.7 Å². The minimum absolute atomic E-state index is 0.0375. The Labute approximate surface area is 154 Å². The molecule has 0 aromatic carbocycles. The third-order valence-electron chi connectivity index (χ3n) is 4.99. The van der Waals surface area contributed by atoms with Crippen LogP contribution in [0.5, 0.6) is 0 Å². The second kappa shape index (κ2) is 8.51. The molecule has 2 N–H and O–H groups in total. The van der Waals surface area contributed by atoms with E-state index in [0.29, 0.717) is 37.1 Å². The third kappa shape index (κ3) is 4.74. The molecule has 1 aromatic heterocycles. The van der Waals surface area contributed by atoms with Crippen LogP contribution in [0.3, 0.4) is 0 Å². The number of rotatable bonds is 6. The Kier molecular flexibility index (Phi) is 6.11. The molecular weight excluding hydrogens is 334 g/mol. The van der Waals surface area contributed by atoms with Crippen molar-refractivity contribution in [1.29, 1.82) is 0 Å². The SMILES string of the molecule is CC(C)NC(=O)N1CCCC1c1noc(CCC(=O)NC2CCCC2)n1. The fourth-order valence-electron chi connectivity index (χ4n) is 3.70. The van der Waals surface area contributed by atoms with Gasteiger partial charge >= 0.3 is 6.03 Å². The van der Waals surface area contributed by atoms with E-state index < -0.39 is 0 Å². The molecule has 2 heterocycles. The highest BCUT2D eigenvalue weighted by Crippen LogP contribution is 2.30. The standard InChI is InChI=1S/C18H29N5O3/c1-12(2)19-18(25)23-11-5-8-14(23)17-21-16(26-22-17)10-9-15(24)20-13-6-3-4-7-13/h12-14H,3-11H2,1-2H3,(H,19,25)(H,20,24). The van der Waals surface area contributed by atoms with E-state index in [1.54, 1.807) is 4.90 Å². The molecule has 3 amide bonds. The van der Waals surface area contributed by atoms with Gasteiger partial charge in [0.05, 0.1) is 6.04 Å². The van der Waals surface area contributed by atoms with E-state index in [-0.39, 0.29) is 24.0 Å². The van der Waals surface area contributed by atoms with Crippen LogP contribution in [0, 0.1) is 0 Å². The van der Waals surface area contributed by atoms with E-state index in [9.17, 15) is 9.59 Å². The average Bonchev–Trinajstić information content (AvgIpc) is 3.33. The molecule has 8 heteroatoms. The molecule has 0 radical (unpaired) electrons. The number of amides is 3. The Bertz CT molecular complexity index is 624. The van der Waals surface area contributed by atoms with Gasteiger partial charge in [0.2, 0.25) is 11.8 Å². The molecule has 1 unspecified atom stereocenters. The molecule has 1 atom stereocenters. The maximum absolute atomic E-state index is 12.3. The van der Waals surface area contributed by atoms with E-state index in [2.05, 4.69) is 20.8 Å². The van der Waals surface area contributed by atoms with E-state index in [0.717, 1.165) is 25.7 Å². The van der Waals surface area contributed by atoms with Crippen molar-refractivity contribution in [3.05, 3.63) is 11.7 Å². The van der Waals surface area contributed by atoms with Crippen LogP contribution in [0.1, 0.15) is 76.6 Å². The van der Waals surface area contributed by atoms with Crippen LogP contribution in [0.15, 0.2) is 4.52 Å². The summed E-state index contributed by atoms with van der Waals surface area (Å²) in [7, 11) is 0. The van der Waals surface area contributed by atoms with E-state index in [4.69, 9.17) is 4.52 Å². The van der Waals surface area contributed by atoms with Gasteiger partial charge in [0.25, 0.3) is 0 Å². The number of urea groups is 1. The molecule has 0 bridgehead atoms. The number of aryl methyl sites for hydroxylation is 1. The Morgan fingerprint density at radius 3 is 2.73 bits per heavy atom. The van der Waals surface area contributed by atoms with Crippen LogP contribution < -0.4 is 10.6 Å². The first kappa shape index (κ1) is 18.7. The minimum atomic E-state index is -0.154. The topological polar surface area (TPSA) is 100 Å². The molecule has 2 fully saturated rings. The van der Waals surface area contributed by atoms with Gasteiger partial charge in [0, 0.05) is 31.5 Å². The lowest BCUT2D eigenvalue weighted by Gasteiger charge is -2.23. The molecule has 1 saturated heterocycles. The van der Waals surface area contributed by atoms with Crippen LogP contribution in [0.2, 0.25) is 0 Å². The van der Waals surface area contributed by atoms with Crippen molar-refractivity contribution >= 4 is 11.9 Å². The highest BCUT2D eigenvalue weighted by Gasteiger charge is 2.33. The van der Waals surface area contributed by atoms with Gasteiger partial charge in [-0.1, -0.05) is 18.0 Å². The zero-order valence-electron chi connectivity index (χ0n) is 15.7. The largest absolute Gasteiger partial charge is 0.353 e. The maximum atomic E-state index is 12.3. The maximum Gasteiger partial charge on any atom is 0.318 e. The monoisotopic (exact) mass is 363 g/mol. The van der Waals surface area contributed by atoms with Crippen LogP contribution >= 0.6 is 0 Å². The summed E-state index contributed by atoms with van der Waals surface area (Å²) in [5.74, 6) is 1.03. The second-order valence-electron chi connectivity index (χ2n) is 7.55. The predicted molar refractivity (Wildman–Crippen MR) is 95.4 cm³/mol. The first-order chi connectivity index (χ1) is 12.5. The lowest BCUT2D eigenvalue weighted by Crippen LogP contribution is -2.42. The fourth-order valence-corrected chi connectivity index (χ4v) is 3.70. The van der Waals surface area contributed by atoms with Gasteiger partial charge in [-0.05, 0) is 39.5 Å². The molecule has 3 rings (SSSR count). The molecular formula is C18H29N5O3. The lowest BCUT2D eigenvalue weighted by molar-refractivity contribution is -0.121. The summed E-state index contributed by atoms with van der Waals surface area (Å²) in [5, 5.41) is 10.0. The molecule has 0 spiro atoms. The van der Waals surface area contributed by atoms with Crippen molar-refractivity contribution in [2.24, 2.45) is 0 Å². The first-order valence-corrected chi connectivity index (χ1v) is 9.72.